The van der Waals surface area contributed by atoms with E-state index in [1.54, 1.807) is 25.1 Å². The molecule has 0 aliphatic carbocycles. The van der Waals surface area contributed by atoms with Crippen LogP contribution in [0.5, 0.6) is 0 Å². The lowest BCUT2D eigenvalue weighted by Crippen LogP contribution is -1.99. The standard InChI is InChI=1S/C11H11FO2/c1-2-8(11(13)14)7-9-5-3-4-6-10(9)12/h3-7H,2H2,1H3,(H,13,14)/b8-7+. The molecule has 14 heavy (non-hydrogen) atoms. The summed E-state index contributed by atoms with van der Waals surface area (Å²) >= 11 is 0. The topological polar surface area (TPSA) is 37.3 Å². The van der Waals surface area contributed by atoms with Gasteiger partial charge in [-0.05, 0) is 18.6 Å². The van der Waals surface area contributed by atoms with Gasteiger partial charge in [0.15, 0.2) is 0 Å². The van der Waals surface area contributed by atoms with Crippen LogP contribution in [0.1, 0.15) is 18.9 Å². The molecule has 0 bridgehead atoms. The third-order valence-corrected chi connectivity index (χ3v) is 1.89. The predicted molar refractivity (Wildman–Crippen MR) is 52.3 cm³/mol. The molecule has 0 atom stereocenters. The lowest BCUT2D eigenvalue weighted by Gasteiger charge is -1.99. The van der Waals surface area contributed by atoms with E-state index in [0.717, 1.165) is 0 Å². The highest BCUT2D eigenvalue weighted by atomic mass is 19.1. The third-order valence-electron chi connectivity index (χ3n) is 1.89. The van der Waals surface area contributed by atoms with Crippen molar-refractivity contribution >= 4 is 12.0 Å². The number of carbonyl (C=O) groups is 1. The predicted octanol–water partition coefficient (Wildman–Crippen LogP) is 2.70. The zero-order valence-electron chi connectivity index (χ0n) is 7.83. The van der Waals surface area contributed by atoms with Crippen LogP contribution in [0.15, 0.2) is 29.8 Å². The molecule has 0 spiro atoms. The molecule has 0 aromatic heterocycles. The molecule has 0 unspecified atom stereocenters. The Morgan fingerprint density at radius 2 is 2.14 bits per heavy atom. The van der Waals surface area contributed by atoms with E-state index >= 15 is 0 Å². The van der Waals surface area contributed by atoms with Crippen molar-refractivity contribution in [1.82, 2.24) is 0 Å². The normalized spacial score (nSPS) is 11.4. The van der Waals surface area contributed by atoms with E-state index in [4.69, 9.17) is 5.11 Å². The van der Waals surface area contributed by atoms with Crippen LogP contribution in [0, 0.1) is 5.82 Å². The van der Waals surface area contributed by atoms with Gasteiger partial charge in [0.05, 0.1) is 0 Å². The molecular formula is C11H11FO2. The SMILES string of the molecule is CC/C(=C\c1ccccc1F)C(=O)O. The summed E-state index contributed by atoms with van der Waals surface area (Å²) in [6, 6.07) is 6.10. The number of halogens is 1. The van der Waals surface area contributed by atoms with E-state index in [-0.39, 0.29) is 5.57 Å². The van der Waals surface area contributed by atoms with Crippen molar-refractivity contribution in [2.24, 2.45) is 0 Å². The van der Waals surface area contributed by atoms with Gasteiger partial charge in [-0.15, -0.1) is 0 Å². The Balaban J connectivity index is 3.07. The Kier molecular flexibility index (Phi) is 3.40. The van der Waals surface area contributed by atoms with E-state index in [2.05, 4.69) is 0 Å². The summed E-state index contributed by atoms with van der Waals surface area (Å²) in [4.78, 5) is 10.7. The first-order valence-corrected chi connectivity index (χ1v) is 4.33. The molecule has 0 heterocycles. The van der Waals surface area contributed by atoms with Crippen LogP contribution in [0.2, 0.25) is 0 Å². The van der Waals surface area contributed by atoms with Crippen LogP contribution in [-0.2, 0) is 4.79 Å². The van der Waals surface area contributed by atoms with Crippen LogP contribution in [0.4, 0.5) is 4.39 Å². The van der Waals surface area contributed by atoms with Gasteiger partial charge in [-0.25, -0.2) is 9.18 Å². The number of hydrogen-bond donors (Lipinski definition) is 1. The van der Waals surface area contributed by atoms with Crippen LogP contribution in [0.3, 0.4) is 0 Å². The fourth-order valence-corrected chi connectivity index (χ4v) is 1.09. The van der Waals surface area contributed by atoms with Crippen molar-refractivity contribution in [2.45, 2.75) is 13.3 Å². The number of benzene rings is 1. The number of aliphatic carboxylic acids is 1. The Labute approximate surface area is 81.7 Å². The van der Waals surface area contributed by atoms with Gasteiger partial charge >= 0.3 is 5.97 Å². The van der Waals surface area contributed by atoms with Crippen LogP contribution >= 0.6 is 0 Å². The minimum Gasteiger partial charge on any atom is -0.478 e. The van der Waals surface area contributed by atoms with Crippen LogP contribution in [0.25, 0.3) is 6.08 Å². The molecule has 74 valence electrons. The second-order valence-electron chi connectivity index (χ2n) is 2.85. The van der Waals surface area contributed by atoms with Gasteiger partial charge in [0.25, 0.3) is 0 Å². The molecule has 2 nitrogen and oxygen atoms in total. The molecular weight excluding hydrogens is 183 g/mol. The Hall–Kier alpha value is -1.64. The maximum absolute atomic E-state index is 13.1. The maximum atomic E-state index is 13.1. The largest absolute Gasteiger partial charge is 0.478 e. The van der Waals surface area contributed by atoms with Gasteiger partial charge < -0.3 is 5.11 Å². The molecule has 0 radical (unpaired) electrons. The highest BCUT2D eigenvalue weighted by Crippen LogP contribution is 2.13. The first-order valence-electron chi connectivity index (χ1n) is 4.33. The van der Waals surface area contributed by atoms with E-state index in [0.29, 0.717) is 12.0 Å². The van der Waals surface area contributed by atoms with Crippen molar-refractivity contribution < 1.29 is 14.3 Å². The average Bonchev–Trinajstić information content (AvgIpc) is 2.16. The quantitative estimate of drug-likeness (QED) is 0.751. The monoisotopic (exact) mass is 194 g/mol. The summed E-state index contributed by atoms with van der Waals surface area (Å²) in [5.74, 6) is -1.41. The molecule has 3 heteroatoms. The molecule has 0 amide bonds. The second kappa shape index (κ2) is 4.56. The Bertz CT molecular complexity index is 369. The van der Waals surface area contributed by atoms with E-state index < -0.39 is 11.8 Å². The molecule has 1 N–H and O–H groups in total. The summed E-state index contributed by atoms with van der Waals surface area (Å²) < 4.78 is 13.1. The maximum Gasteiger partial charge on any atom is 0.331 e. The fourth-order valence-electron chi connectivity index (χ4n) is 1.09. The van der Waals surface area contributed by atoms with Crippen molar-refractivity contribution in [3.63, 3.8) is 0 Å². The van der Waals surface area contributed by atoms with Crippen molar-refractivity contribution in [2.75, 3.05) is 0 Å². The summed E-state index contributed by atoms with van der Waals surface area (Å²) in [5.41, 5.74) is 0.516. The fraction of sp³-hybridized carbons (Fsp3) is 0.182. The lowest BCUT2D eigenvalue weighted by molar-refractivity contribution is -0.132. The minimum absolute atomic E-state index is 0.204. The zero-order valence-corrected chi connectivity index (χ0v) is 7.83. The third kappa shape index (κ3) is 2.42. The minimum atomic E-state index is -1.00. The van der Waals surface area contributed by atoms with E-state index in [1.807, 2.05) is 0 Å². The molecule has 0 saturated heterocycles. The highest BCUT2D eigenvalue weighted by molar-refractivity contribution is 5.92. The molecule has 1 aromatic rings. The van der Waals surface area contributed by atoms with Gasteiger partial charge in [-0.3, -0.25) is 0 Å². The molecule has 1 aromatic carbocycles. The number of rotatable bonds is 3. The molecule has 0 aliphatic heterocycles. The Morgan fingerprint density at radius 3 is 2.64 bits per heavy atom. The summed E-state index contributed by atoms with van der Waals surface area (Å²) in [5, 5.41) is 8.73. The zero-order chi connectivity index (χ0) is 10.6. The number of carboxylic acids is 1. The molecule has 1 rings (SSSR count). The molecule has 0 aliphatic rings. The summed E-state index contributed by atoms with van der Waals surface area (Å²) in [6.45, 7) is 1.72. The average molecular weight is 194 g/mol. The van der Waals surface area contributed by atoms with Crippen molar-refractivity contribution in [1.29, 1.82) is 0 Å². The van der Waals surface area contributed by atoms with Gasteiger partial charge in [0, 0.05) is 11.1 Å². The van der Waals surface area contributed by atoms with Gasteiger partial charge in [-0.2, -0.15) is 0 Å². The number of carboxylic acid groups (broad SMARTS) is 1. The first kappa shape index (κ1) is 10.4. The lowest BCUT2D eigenvalue weighted by atomic mass is 10.1. The highest BCUT2D eigenvalue weighted by Gasteiger charge is 2.05. The van der Waals surface area contributed by atoms with Gasteiger partial charge in [0.2, 0.25) is 0 Å². The molecule has 0 fully saturated rings. The smallest absolute Gasteiger partial charge is 0.331 e. The first-order chi connectivity index (χ1) is 6.65. The van der Waals surface area contributed by atoms with E-state index in [1.165, 1.54) is 12.1 Å². The molecule has 0 saturated carbocycles. The van der Waals surface area contributed by atoms with Crippen molar-refractivity contribution in [3.05, 3.63) is 41.2 Å². The summed E-state index contributed by atoms with van der Waals surface area (Å²) in [6.07, 6.45) is 1.74. The van der Waals surface area contributed by atoms with Gasteiger partial charge in [-0.1, -0.05) is 25.1 Å². The Morgan fingerprint density at radius 1 is 1.50 bits per heavy atom. The van der Waals surface area contributed by atoms with Crippen molar-refractivity contribution in [3.8, 4) is 0 Å². The van der Waals surface area contributed by atoms with Gasteiger partial charge in [0.1, 0.15) is 5.82 Å². The van der Waals surface area contributed by atoms with Crippen LogP contribution in [-0.4, -0.2) is 11.1 Å². The van der Waals surface area contributed by atoms with E-state index in [9.17, 15) is 9.18 Å². The summed E-state index contributed by atoms with van der Waals surface area (Å²) in [7, 11) is 0. The van der Waals surface area contributed by atoms with Crippen LogP contribution < -0.4 is 0 Å². The number of hydrogen-bond acceptors (Lipinski definition) is 1. The second-order valence-corrected chi connectivity index (χ2v) is 2.85.